The molecule has 1 aromatic rings. The van der Waals surface area contributed by atoms with Crippen LogP contribution in [0.2, 0.25) is 0 Å². The molecule has 0 amide bonds. The van der Waals surface area contributed by atoms with Crippen LogP contribution in [0, 0.1) is 0 Å². The molecule has 1 saturated heterocycles. The second kappa shape index (κ2) is 4.64. The molecule has 1 heterocycles. The van der Waals surface area contributed by atoms with Crippen LogP contribution in [0.25, 0.3) is 0 Å². The largest absolute Gasteiger partial charge is 0.301 e. The fraction of sp³-hybridized carbons (Fsp3) is 0.364. The third-order valence-electron chi connectivity index (χ3n) is 2.80. The second-order valence-corrected chi connectivity index (χ2v) is 4.56. The Labute approximate surface area is 104 Å². The van der Waals surface area contributed by atoms with Gasteiger partial charge in [-0.25, -0.2) is 0 Å². The average molecular weight is 291 g/mol. The summed E-state index contributed by atoms with van der Waals surface area (Å²) in [5, 5.41) is 3.26. The van der Waals surface area contributed by atoms with Crippen LogP contribution in [0.15, 0.2) is 28.7 Å². The molecule has 0 bridgehead atoms. The molecule has 2 nitrogen and oxygen atoms in total. The third kappa shape index (κ3) is 2.10. The van der Waals surface area contributed by atoms with Gasteiger partial charge in [0.05, 0.1) is 0 Å². The van der Waals surface area contributed by atoms with Crippen molar-refractivity contribution in [3.63, 3.8) is 0 Å². The van der Waals surface area contributed by atoms with Gasteiger partial charge in [-0.15, -0.1) is 12.4 Å². The van der Waals surface area contributed by atoms with Crippen LogP contribution in [0.5, 0.6) is 0 Å². The van der Waals surface area contributed by atoms with Gasteiger partial charge in [0, 0.05) is 17.4 Å². The van der Waals surface area contributed by atoms with Gasteiger partial charge in [-0.05, 0) is 18.6 Å². The topological polar surface area (TPSA) is 29.1 Å². The Morgan fingerprint density at radius 3 is 2.60 bits per heavy atom. The number of carbonyl (C=O) groups excluding carboxylic acids is 1. The number of halogens is 2. The van der Waals surface area contributed by atoms with Gasteiger partial charge in [0.15, 0.2) is 5.78 Å². The van der Waals surface area contributed by atoms with E-state index in [4.69, 9.17) is 0 Å². The van der Waals surface area contributed by atoms with E-state index in [1.165, 1.54) is 0 Å². The summed E-state index contributed by atoms with van der Waals surface area (Å²) in [6.07, 6.45) is 0.623. The Bertz CT molecular complexity index is 383. The smallest absolute Gasteiger partial charge is 0.158 e. The molecule has 0 saturated carbocycles. The molecule has 1 fully saturated rings. The van der Waals surface area contributed by atoms with Gasteiger partial charge in [-0.1, -0.05) is 34.1 Å². The molecule has 0 aromatic heterocycles. The molecule has 15 heavy (non-hydrogen) atoms. The molecular formula is C11H13BrClNO. The van der Waals surface area contributed by atoms with Crippen LogP contribution >= 0.6 is 28.3 Å². The monoisotopic (exact) mass is 289 g/mol. The van der Waals surface area contributed by atoms with E-state index in [1.54, 1.807) is 0 Å². The van der Waals surface area contributed by atoms with E-state index in [0.29, 0.717) is 6.42 Å². The van der Waals surface area contributed by atoms with Gasteiger partial charge < -0.3 is 5.32 Å². The number of nitrogens with one attached hydrogen (secondary N) is 1. The lowest BCUT2D eigenvalue weighted by Gasteiger charge is -2.24. The van der Waals surface area contributed by atoms with Crippen molar-refractivity contribution >= 4 is 34.1 Å². The minimum absolute atomic E-state index is 0. The van der Waals surface area contributed by atoms with Crippen LogP contribution in [-0.2, 0) is 10.3 Å². The Balaban J connectivity index is 0.00000112. The SMILES string of the molecule is CC1(c2ccccc2Br)NCCC1=O.Cl. The average Bonchev–Trinajstić information content (AvgIpc) is 2.49. The predicted octanol–water partition coefficient (Wildman–Crippen LogP) is 2.65. The van der Waals surface area contributed by atoms with Crippen molar-refractivity contribution in [3.05, 3.63) is 34.3 Å². The normalized spacial score (nSPS) is 25.1. The summed E-state index contributed by atoms with van der Waals surface area (Å²) in [7, 11) is 0. The van der Waals surface area contributed by atoms with E-state index in [1.807, 2.05) is 31.2 Å². The Morgan fingerprint density at radius 1 is 1.40 bits per heavy atom. The van der Waals surface area contributed by atoms with Crippen molar-refractivity contribution in [1.29, 1.82) is 0 Å². The van der Waals surface area contributed by atoms with Gasteiger partial charge in [0.1, 0.15) is 5.54 Å². The quantitative estimate of drug-likeness (QED) is 0.861. The summed E-state index contributed by atoms with van der Waals surface area (Å²) in [6, 6.07) is 7.86. The summed E-state index contributed by atoms with van der Waals surface area (Å²) in [6.45, 7) is 2.72. The number of benzene rings is 1. The first-order chi connectivity index (χ1) is 6.64. The van der Waals surface area contributed by atoms with E-state index in [0.717, 1.165) is 16.6 Å². The van der Waals surface area contributed by atoms with E-state index < -0.39 is 5.54 Å². The number of hydrogen-bond donors (Lipinski definition) is 1. The number of carbonyl (C=O) groups is 1. The standard InChI is InChI=1S/C11H12BrNO.ClH/c1-11(10(14)6-7-13-11)8-4-2-3-5-9(8)12;/h2-5,13H,6-7H2,1H3;1H. The van der Waals surface area contributed by atoms with Crippen molar-refractivity contribution in [2.24, 2.45) is 0 Å². The van der Waals surface area contributed by atoms with Crippen LogP contribution in [0.4, 0.5) is 0 Å². The van der Waals surface area contributed by atoms with Crippen molar-refractivity contribution < 1.29 is 4.79 Å². The molecule has 1 aliphatic rings. The van der Waals surface area contributed by atoms with E-state index >= 15 is 0 Å². The molecule has 1 aromatic carbocycles. The molecule has 2 rings (SSSR count). The Morgan fingerprint density at radius 2 is 2.07 bits per heavy atom. The van der Waals surface area contributed by atoms with Crippen LogP contribution < -0.4 is 5.32 Å². The first-order valence-corrected chi connectivity index (χ1v) is 5.47. The van der Waals surface area contributed by atoms with Crippen molar-refractivity contribution in [2.45, 2.75) is 18.9 Å². The number of Topliss-reactive ketones (excluding diaryl/α,β-unsaturated/α-hetero) is 1. The maximum atomic E-state index is 11.8. The van der Waals surface area contributed by atoms with E-state index in [2.05, 4.69) is 21.2 Å². The molecule has 0 spiro atoms. The van der Waals surface area contributed by atoms with E-state index in [9.17, 15) is 4.79 Å². The molecule has 1 unspecified atom stereocenters. The first kappa shape index (κ1) is 12.7. The molecule has 0 radical (unpaired) electrons. The summed E-state index contributed by atoms with van der Waals surface area (Å²) in [4.78, 5) is 11.8. The fourth-order valence-corrected chi connectivity index (χ4v) is 2.57. The lowest BCUT2D eigenvalue weighted by atomic mass is 9.89. The lowest BCUT2D eigenvalue weighted by molar-refractivity contribution is -0.122. The van der Waals surface area contributed by atoms with Gasteiger partial charge in [0.2, 0.25) is 0 Å². The summed E-state index contributed by atoms with van der Waals surface area (Å²) >= 11 is 3.48. The zero-order valence-electron chi connectivity index (χ0n) is 8.42. The summed E-state index contributed by atoms with van der Waals surface area (Å²) in [5.41, 5.74) is 0.530. The van der Waals surface area contributed by atoms with Crippen molar-refractivity contribution in [2.75, 3.05) is 6.54 Å². The van der Waals surface area contributed by atoms with Crippen LogP contribution in [0.1, 0.15) is 18.9 Å². The molecule has 1 atom stereocenters. The fourth-order valence-electron chi connectivity index (χ4n) is 1.89. The van der Waals surface area contributed by atoms with E-state index in [-0.39, 0.29) is 18.2 Å². The highest BCUT2D eigenvalue weighted by Gasteiger charge is 2.39. The van der Waals surface area contributed by atoms with Gasteiger partial charge in [0.25, 0.3) is 0 Å². The van der Waals surface area contributed by atoms with Gasteiger partial charge in [-0.3, -0.25) is 4.79 Å². The van der Waals surface area contributed by atoms with Gasteiger partial charge >= 0.3 is 0 Å². The maximum absolute atomic E-state index is 11.8. The highest BCUT2D eigenvalue weighted by Crippen LogP contribution is 2.32. The zero-order valence-corrected chi connectivity index (χ0v) is 10.8. The molecule has 82 valence electrons. The van der Waals surface area contributed by atoms with Crippen LogP contribution in [-0.4, -0.2) is 12.3 Å². The minimum Gasteiger partial charge on any atom is -0.301 e. The molecular weight excluding hydrogens is 277 g/mol. The van der Waals surface area contributed by atoms with Crippen molar-refractivity contribution in [1.82, 2.24) is 5.32 Å². The predicted molar refractivity (Wildman–Crippen MR) is 66.4 cm³/mol. The summed E-state index contributed by atoms with van der Waals surface area (Å²) in [5.74, 6) is 0.268. The molecule has 4 heteroatoms. The number of ketones is 1. The van der Waals surface area contributed by atoms with Gasteiger partial charge in [-0.2, -0.15) is 0 Å². The number of hydrogen-bond acceptors (Lipinski definition) is 2. The highest BCUT2D eigenvalue weighted by atomic mass is 79.9. The lowest BCUT2D eigenvalue weighted by Crippen LogP contribution is -2.39. The molecule has 0 aliphatic carbocycles. The Kier molecular flexibility index (Phi) is 3.93. The Hall–Kier alpha value is -0.380. The molecule has 1 aliphatic heterocycles. The highest BCUT2D eigenvalue weighted by molar-refractivity contribution is 9.10. The maximum Gasteiger partial charge on any atom is 0.158 e. The zero-order chi connectivity index (χ0) is 10.2. The van der Waals surface area contributed by atoms with Crippen molar-refractivity contribution in [3.8, 4) is 0 Å². The molecule has 1 N–H and O–H groups in total. The number of rotatable bonds is 1. The third-order valence-corrected chi connectivity index (χ3v) is 3.49. The van der Waals surface area contributed by atoms with Crippen LogP contribution in [0.3, 0.4) is 0 Å². The second-order valence-electron chi connectivity index (χ2n) is 3.70. The summed E-state index contributed by atoms with van der Waals surface area (Å²) < 4.78 is 0.991. The first-order valence-electron chi connectivity index (χ1n) is 4.68. The minimum atomic E-state index is -0.500.